The summed E-state index contributed by atoms with van der Waals surface area (Å²) >= 11 is 5.89. The second-order valence-corrected chi connectivity index (χ2v) is 4.44. The average molecular weight is 248 g/mol. The predicted octanol–water partition coefficient (Wildman–Crippen LogP) is 2.16. The maximum atomic E-state index is 11.7. The number of hydrogen-bond donors (Lipinski definition) is 0. The molecular weight excluding hydrogens is 238 g/mol. The first-order chi connectivity index (χ1) is 8.24. The molecule has 0 aliphatic heterocycles. The molecule has 4 nitrogen and oxygen atoms in total. The number of halogens is 1. The summed E-state index contributed by atoms with van der Waals surface area (Å²) in [6.07, 6.45) is 3.95. The molecule has 0 N–H and O–H groups in total. The van der Waals surface area contributed by atoms with Crippen LogP contribution in [0.2, 0.25) is 5.28 Å². The van der Waals surface area contributed by atoms with Crippen molar-refractivity contribution in [1.29, 1.82) is 0 Å². The van der Waals surface area contributed by atoms with Gasteiger partial charge in [0, 0.05) is 24.2 Å². The summed E-state index contributed by atoms with van der Waals surface area (Å²) in [5.74, 6) is 1.02. The smallest absolute Gasteiger partial charge is 0.256 e. The molecule has 0 amide bonds. The molecular formula is C12H10ClN3O. The number of pyridine rings is 1. The molecule has 1 aliphatic rings. The second-order valence-electron chi connectivity index (χ2n) is 4.10. The lowest BCUT2D eigenvalue weighted by atomic mass is 10.3. The van der Waals surface area contributed by atoms with Crippen LogP contribution < -0.4 is 5.56 Å². The van der Waals surface area contributed by atoms with Gasteiger partial charge in [0.25, 0.3) is 5.56 Å². The monoisotopic (exact) mass is 247 g/mol. The van der Waals surface area contributed by atoms with Gasteiger partial charge >= 0.3 is 0 Å². The van der Waals surface area contributed by atoms with Gasteiger partial charge in [0.05, 0.1) is 5.69 Å². The van der Waals surface area contributed by atoms with E-state index < -0.39 is 0 Å². The highest BCUT2D eigenvalue weighted by molar-refractivity contribution is 6.28. The van der Waals surface area contributed by atoms with Crippen LogP contribution in [0.1, 0.15) is 24.5 Å². The second kappa shape index (κ2) is 3.96. The molecule has 0 unspecified atom stereocenters. The van der Waals surface area contributed by atoms with Gasteiger partial charge in [0.1, 0.15) is 5.82 Å². The zero-order chi connectivity index (χ0) is 11.8. The van der Waals surface area contributed by atoms with Crippen molar-refractivity contribution in [2.75, 3.05) is 0 Å². The van der Waals surface area contributed by atoms with Crippen molar-refractivity contribution in [3.8, 4) is 5.82 Å². The van der Waals surface area contributed by atoms with Crippen molar-refractivity contribution < 1.29 is 0 Å². The molecule has 5 heteroatoms. The van der Waals surface area contributed by atoms with Crippen LogP contribution >= 0.6 is 11.6 Å². The third-order valence-electron chi connectivity index (χ3n) is 2.77. The maximum absolute atomic E-state index is 11.7. The lowest BCUT2D eigenvalue weighted by Gasteiger charge is -2.06. The molecule has 2 heterocycles. The van der Waals surface area contributed by atoms with Crippen molar-refractivity contribution in [3.05, 3.63) is 51.8 Å². The third kappa shape index (κ3) is 2.08. The zero-order valence-electron chi connectivity index (χ0n) is 9.01. The lowest BCUT2D eigenvalue weighted by molar-refractivity contribution is 0.896. The van der Waals surface area contributed by atoms with Crippen LogP contribution in [0, 0.1) is 0 Å². The number of aromatic nitrogens is 3. The molecule has 17 heavy (non-hydrogen) atoms. The Labute approximate surface area is 103 Å². The molecule has 0 atom stereocenters. The van der Waals surface area contributed by atoms with Crippen molar-refractivity contribution in [2.45, 2.75) is 18.8 Å². The van der Waals surface area contributed by atoms with E-state index in [1.165, 1.54) is 10.6 Å². The third-order valence-corrected chi connectivity index (χ3v) is 2.94. The van der Waals surface area contributed by atoms with Gasteiger partial charge in [-0.2, -0.15) is 4.98 Å². The SMILES string of the molecule is O=c1ccccn1-c1cc(C2CC2)nc(Cl)n1. The van der Waals surface area contributed by atoms with Crippen molar-refractivity contribution in [3.63, 3.8) is 0 Å². The van der Waals surface area contributed by atoms with E-state index in [0.29, 0.717) is 11.7 Å². The molecule has 1 fully saturated rings. The van der Waals surface area contributed by atoms with Crippen LogP contribution in [0.4, 0.5) is 0 Å². The fraction of sp³-hybridized carbons (Fsp3) is 0.250. The summed E-state index contributed by atoms with van der Waals surface area (Å²) in [5.41, 5.74) is 0.805. The Hall–Kier alpha value is -1.68. The van der Waals surface area contributed by atoms with Crippen molar-refractivity contribution >= 4 is 11.6 Å². The Morgan fingerprint density at radius 2 is 2.12 bits per heavy atom. The number of hydrogen-bond acceptors (Lipinski definition) is 3. The van der Waals surface area contributed by atoms with E-state index in [1.54, 1.807) is 18.3 Å². The standard InChI is InChI=1S/C12H10ClN3O/c13-12-14-9(8-4-5-8)7-10(15-12)16-6-2-1-3-11(16)17/h1-3,6-8H,4-5H2. The normalized spacial score (nSPS) is 14.9. The highest BCUT2D eigenvalue weighted by Gasteiger charge is 2.26. The van der Waals surface area contributed by atoms with E-state index in [1.807, 2.05) is 6.07 Å². The molecule has 0 saturated heterocycles. The molecule has 86 valence electrons. The van der Waals surface area contributed by atoms with E-state index in [0.717, 1.165) is 18.5 Å². The summed E-state index contributed by atoms with van der Waals surface area (Å²) in [6.45, 7) is 0. The summed E-state index contributed by atoms with van der Waals surface area (Å²) in [5, 5.41) is 0.195. The molecule has 1 saturated carbocycles. The van der Waals surface area contributed by atoms with Gasteiger partial charge in [-0.3, -0.25) is 9.36 Å². The van der Waals surface area contributed by atoms with Gasteiger partial charge in [-0.15, -0.1) is 0 Å². The van der Waals surface area contributed by atoms with Gasteiger partial charge in [0.15, 0.2) is 0 Å². The highest BCUT2D eigenvalue weighted by Crippen LogP contribution is 2.39. The first kappa shape index (κ1) is 10.5. The fourth-order valence-corrected chi connectivity index (χ4v) is 1.94. The maximum Gasteiger partial charge on any atom is 0.256 e. The minimum atomic E-state index is -0.121. The summed E-state index contributed by atoms with van der Waals surface area (Å²) < 4.78 is 1.47. The van der Waals surface area contributed by atoms with E-state index >= 15 is 0 Å². The first-order valence-corrected chi connectivity index (χ1v) is 5.84. The largest absolute Gasteiger partial charge is 0.269 e. The van der Waals surface area contributed by atoms with Crippen LogP contribution in [0.15, 0.2) is 35.3 Å². The van der Waals surface area contributed by atoms with Crippen molar-refractivity contribution in [1.82, 2.24) is 14.5 Å². The van der Waals surface area contributed by atoms with Gasteiger partial charge in [-0.05, 0) is 30.5 Å². The Bertz CT molecular complexity index is 619. The molecule has 0 spiro atoms. The van der Waals surface area contributed by atoms with E-state index in [4.69, 9.17) is 11.6 Å². The Kier molecular flexibility index (Phi) is 2.44. The van der Waals surface area contributed by atoms with Gasteiger partial charge < -0.3 is 0 Å². The Balaban J connectivity index is 2.14. The first-order valence-electron chi connectivity index (χ1n) is 5.46. The summed E-state index contributed by atoms with van der Waals surface area (Å²) in [7, 11) is 0. The quantitative estimate of drug-likeness (QED) is 0.764. The van der Waals surface area contributed by atoms with Gasteiger partial charge in [0.2, 0.25) is 5.28 Å². The predicted molar refractivity (Wildman–Crippen MR) is 64.6 cm³/mol. The molecule has 1 aliphatic carbocycles. The fourth-order valence-electron chi connectivity index (χ4n) is 1.75. The van der Waals surface area contributed by atoms with Gasteiger partial charge in [-0.25, -0.2) is 4.98 Å². The molecule has 0 bridgehead atoms. The molecule has 2 aromatic heterocycles. The molecule has 0 radical (unpaired) electrons. The highest BCUT2D eigenvalue weighted by atomic mass is 35.5. The average Bonchev–Trinajstić information content (AvgIpc) is 3.12. The van der Waals surface area contributed by atoms with Crippen LogP contribution in [-0.4, -0.2) is 14.5 Å². The van der Waals surface area contributed by atoms with Gasteiger partial charge in [-0.1, -0.05) is 6.07 Å². The molecule has 0 aromatic carbocycles. The molecule has 2 aromatic rings. The Morgan fingerprint density at radius 1 is 1.29 bits per heavy atom. The van der Waals surface area contributed by atoms with E-state index in [-0.39, 0.29) is 10.8 Å². The van der Waals surface area contributed by atoms with Crippen LogP contribution in [0.3, 0.4) is 0 Å². The van der Waals surface area contributed by atoms with Crippen molar-refractivity contribution in [2.24, 2.45) is 0 Å². The molecule has 3 rings (SSSR count). The lowest BCUT2D eigenvalue weighted by Crippen LogP contribution is -2.17. The van der Waals surface area contributed by atoms with E-state index in [2.05, 4.69) is 9.97 Å². The van der Waals surface area contributed by atoms with Crippen LogP contribution in [-0.2, 0) is 0 Å². The zero-order valence-corrected chi connectivity index (χ0v) is 9.76. The topological polar surface area (TPSA) is 47.8 Å². The number of nitrogens with zero attached hydrogens (tertiary/aromatic N) is 3. The minimum Gasteiger partial charge on any atom is -0.269 e. The number of rotatable bonds is 2. The minimum absolute atomic E-state index is 0.121. The summed E-state index contributed by atoms with van der Waals surface area (Å²) in [6, 6.07) is 6.81. The van der Waals surface area contributed by atoms with Crippen LogP contribution in [0.25, 0.3) is 5.82 Å². The summed E-state index contributed by atoms with van der Waals surface area (Å²) in [4.78, 5) is 20.0. The van der Waals surface area contributed by atoms with E-state index in [9.17, 15) is 4.79 Å². The van der Waals surface area contributed by atoms with Crippen LogP contribution in [0.5, 0.6) is 0 Å². The Morgan fingerprint density at radius 3 is 2.82 bits per heavy atom.